The fourth-order valence-corrected chi connectivity index (χ4v) is 3.68. The molecular weight excluding hydrogens is 313 g/mol. The number of benzene rings is 2. The molecule has 23 heavy (non-hydrogen) atoms. The molecule has 3 nitrogen and oxygen atoms in total. The van der Waals surface area contributed by atoms with E-state index >= 15 is 0 Å². The molecule has 2 aliphatic rings. The van der Waals surface area contributed by atoms with Crippen molar-refractivity contribution in [2.45, 2.75) is 11.3 Å². The predicted molar refractivity (Wildman–Crippen MR) is 89.7 cm³/mol. The van der Waals surface area contributed by atoms with E-state index in [2.05, 4.69) is 5.32 Å². The number of nitrogens with one attached hydrogen (secondary N) is 1. The topological polar surface area (TPSA) is 30.5 Å². The standard InChI is InChI=1S/C18H18FNO2S/c19-15-7-13(14-2-4-18-17(8-14)22-11-23-18)1-3-16(15)21-10-12-5-6-20-9-12/h1-4,7-8,12,20H,5-6,9-11H2/t12-/m1/s1. The Morgan fingerprint density at radius 3 is 2.91 bits per heavy atom. The first-order valence-corrected chi connectivity index (χ1v) is 8.81. The third kappa shape index (κ3) is 3.16. The Kier molecular flexibility index (Phi) is 4.14. The maximum absolute atomic E-state index is 14.3. The lowest BCUT2D eigenvalue weighted by atomic mass is 10.0. The van der Waals surface area contributed by atoms with Crippen molar-refractivity contribution in [3.8, 4) is 22.6 Å². The molecule has 2 heterocycles. The van der Waals surface area contributed by atoms with Gasteiger partial charge in [0.2, 0.25) is 0 Å². The Morgan fingerprint density at radius 1 is 1.22 bits per heavy atom. The number of halogens is 1. The minimum Gasteiger partial charge on any atom is -0.490 e. The molecule has 4 rings (SSSR count). The second kappa shape index (κ2) is 6.42. The molecule has 2 aromatic rings. The van der Waals surface area contributed by atoms with Gasteiger partial charge in [-0.15, -0.1) is 0 Å². The predicted octanol–water partition coefficient (Wildman–Crippen LogP) is 3.92. The van der Waals surface area contributed by atoms with Crippen molar-refractivity contribution in [3.63, 3.8) is 0 Å². The third-order valence-corrected chi connectivity index (χ3v) is 5.16. The lowest BCUT2D eigenvalue weighted by molar-refractivity contribution is 0.249. The van der Waals surface area contributed by atoms with E-state index in [1.165, 1.54) is 6.07 Å². The number of hydrogen-bond donors (Lipinski definition) is 1. The highest BCUT2D eigenvalue weighted by Gasteiger charge is 2.17. The summed E-state index contributed by atoms with van der Waals surface area (Å²) in [5.74, 6) is 2.01. The van der Waals surface area contributed by atoms with Crippen LogP contribution in [0.5, 0.6) is 11.5 Å². The summed E-state index contributed by atoms with van der Waals surface area (Å²) >= 11 is 1.67. The van der Waals surface area contributed by atoms with Crippen molar-refractivity contribution in [1.29, 1.82) is 0 Å². The molecule has 5 heteroatoms. The Hall–Kier alpha value is -1.72. The van der Waals surface area contributed by atoms with Crippen LogP contribution < -0.4 is 14.8 Å². The molecule has 0 unspecified atom stereocenters. The summed E-state index contributed by atoms with van der Waals surface area (Å²) in [6, 6.07) is 11.1. The summed E-state index contributed by atoms with van der Waals surface area (Å²) in [5, 5.41) is 3.29. The van der Waals surface area contributed by atoms with E-state index in [1.54, 1.807) is 17.8 Å². The minimum absolute atomic E-state index is 0.316. The minimum atomic E-state index is -0.316. The number of thioether (sulfide) groups is 1. The van der Waals surface area contributed by atoms with Crippen molar-refractivity contribution in [2.24, 2.45) is 5.92 Å². The van der Waals surface area contributed by atoms with E-state index in [0.717, 1.165) is 41.3 Å². The molecule has 1 atom stereocenters. The molecule has 0 amide bonds. The zero-order valence-corrected chi connectivity index (χ0v) is 13.5. The fraction of sp³-hybridized carbons (Fsp3) is 0.333. The van der Waals surface area contributed by atoms with Gasteiger partial charge in [-0.05, 0) is 48.4 Å². The molecule has 0 saturated carbocycles. The van der Waals surface area contributed by atoms with E-state index < -0.39 is 0 Å². The summed E-state index contributed by atoms with van der Waals surface area (Å²) in [5.41, 5.74) is 1.79. The van der Waals surface area contributed by atoms with Gasteiger partial charge < -0.3 is 14.8 Å². The average Bonchev–Trinajstić information content (AvgIpc) is 3.24. The van der Waals surface area contributed by atoms with Gasteiger partial charge in [0.15, 0.2) is 11.6 Å². The molecule has 0 bridgehead atoms. The van der Waals surface area contributed by atoms with Crippen molar-refractivity contribution in [3.05, 3.63) is 42.2 Å². The monoisotopic (exact) mass is 331 g/mol. The Labute approximate surface area is 139 Å². The number of hydrogen-bond acceptors (Lipinski definition) is 4. The van der Waals surface area contributed by atoms with Crippen LogP contribution in [0.4, 0.5) is 4.39 Å². The normalized spacial score (nSPS) is 19.4. The van der Waals surface area contributed by atoms with Gasteiger partial charge in [0.1, 0.15) is 11.7 Å². The second-order valence-corrected chi connectivity index (χ2v) is 6.85. The lowest BCUT2D eigenvalue weighted by Crippen LogP contribution is -2.15. The van der Waals surface area contributed by atoms with Gasteiger partial charge in [0.25, 0.3) is 0 Å². The number of ether oxygens (including phenoxy) is 2. The van der Waals surface area contributed by atoms with Gasteiger partial charge in [-0.1, -0.05) is 23.9 Å². The fourth-order valence-electron chi connectivity index (χ4n) is 2.94. The maximum atomic E-state index is 14.3. The van der Waals surface area contributed by atoms with Crippen molar-refractivity contribution in [2.75, 3.05) is 25.6 Å². The van der Waals surface area contributed by atoms with Gasteiger partial charge in [0.05, 0.1) is 11.5 Å². The summed E-state index contributed by atoms with van der Waals surface area (Å²) in [6.45, 7) is 2.54. The Morgan fingerprint density at radius 2 is 2.09 bits per heavy atom. The maximum Gasteiger partial charge on any atom is 0.165 e. The van der Waals surface area contributed by atoms with E-state index in [1.807, 2.05) is 24.3 Å². The molecule has 120 valence electrons. The van der Waals surface area contributed by atoms with Gasteiger partial charge >= 0.3 is 0 Å². The van der Waals surface area contributed by atoms with Crippen molar-refractivity contribution >= 4 is 11.8 Å². The van der Waals surface area contributed by atoms with Crippen molar-refractivity contribution in [1.82, 2.24) is 5.32 Å². The smallest absolute Gasteiger partial charge is 0.165 e. The molecule has 0 radical (unpaired) electrons. The molecule has 1 fully saturated rings. The summed E-state index contributed by atoms with van der Waals surface area (Å²) < 4.78 is 25.5. The molecule has 0 aromatic heterocycles. The van der Waals surface area contributed by atoms with Crippen LogP contribution in [0.15, 0.2) is 41.3 Å². The first kappa shape index (κ1) is 14.8. The number of fused-ring (bicyclic) bond motifs is 1. The highest BCUT2D eigenvalue weighted by Crippen LogP contribution is 2.39. The summed E-state index contributed by atoms with van der Waals surface area (Å²) in [7, 11) is 0. The first-order valence-electron chi connectivity index (χ1n) is 7.83. The van der Waals surface area contributed by atoms with Crippen LogP contribution in [0, 0.1) is 11.7 Å². The van der Waals surface area contributed by atoms with Crippen LogP contribution in [0.3, 0.4) is 0 Å². The van der Waals surface area contributed by atoms with Gasteiger partial charge in [-0.3, -0.25) is 0 Å². The van der Waals surface area contributed by atoms with Crippen LogP contribution >= 0.6 is 11.8 Å². The molecule has 2 aliphatic heterocycles. The average molecular weight is 331 g/mol. The number of rotatable bonds is 4. The Bertz CT molecular complexity index is 716. The molecule has 0 aliphatic carbocycles. The molecule has 1 saturated heterocycles. The van der Waals surface area contributed by atoms with Crippen LogP contribution in [-0.2, 0) is 0 Å². The summed E-state index contributed by atoms with van der Waals surface area (Å²) in [6.07, 6.45) is 1.09. The SMILES string of the molecule is Fc1cc(-c2ccc3c(c2)OCS3)ccc1OC[C@@H]1CCNC1. The van der Waals surface area contributed by atoms with Crippen LogP contribution in [0.25, 0.3) is 11.1 Å². The Balaban J connectivity index is 1.50. The molecule has 0 spiro atoms. The zero-order valence-electron chi connectivity index (χ0n) is 12.7. The first-order chi connectivity index (χ1) is 11.3. The van der Waals surface area contributed by atoms with Crippen LogP contribution in [0.1, 0.15) is 6.42 Å². The summed E-state index contributed by atoms with van der Waals surface area (Å²) in [4.78, 5) is 1.14. The van der Waals surface area contributed by atoms with Crippen LogP contribution in [-0.4, -0.2) is 25.6 Å². The van der Waals surface area contributed by atoms with Crippen molar-refractivity contribution < 1.29 is 13.9 Å². The van der Waals surface area contributed by atoms with E-state index in [-0.39, 0.29) is 5.82 Å². The molecule has 1 N–H and O–H groups in total. The van der Waals surface area contributed by atoms with Crippen LogP contribution in [0.2, 0.25) is 0 Å². The molecule has 2 aromatic carbocycles. The molecular formula is C18H18FNO2S. The largest absolute Gasteiger partial charge is 0.490 e. The highest BCUT2D eigenvalue weighted by molar-refractivity contribution is 7.99. The quantitative estimate of drug-likeness (QED) is 0.920. The highest BCUT2D eigenvalue weighted by atomic mass is 32.2. The second-order valence-electron chi connectivity index (χ2n) is 5.88. The van der Waals surface area contributed by atoms with Gasteiger partial charge in [-0.25, -0.2) is 4.39 Å². The third-order valence-electron chi connectivity index (χ3n) is 4.27. The van der Waals surface area contributed by atoms with E-state index in [9.17, 15) is 4.39 Å². The van der Waals surface area contributed by atoms with E-state index in [0.29, 0.717) is 24.2 Å². The zero-order chi connectivity index (χ0) is 15.6. The lowest BCUT2D eigenvalue weighted by Gasteiger charge is -2.12. The van der Waals surface area contributed by atoms with Gasteiger partial charge in [-0.2, -0.15) is 0 Å². The van der Waals surface area contributed by atoms with E-state index in [4.69, 9.17) is 9.47 Å². The van der Waals surface area contributed by atoms with Gasteiger partial charge in [0, 0.05) is 12.5 Å².